The first-order valence-electron chi connectivity index (χ1n) is 8.60. The van der Waals surface area contributed by atoms with Crippen LogP contribution in [0.3, 0.4) is 0 Å². The van der Waals surface area contributed by atoms with Crippen molar-refractivity contribution in [1.29, 1.82) is 0 Å². The van der Waals surface area contributed by atoms with Gasteiger partial charge in [-0.25, -0.2) is 14.8 Å². The number of nitrogens with one attached hydrogen (secondary N) is 1. The summed E-state index contributed by atoms with van der Waals surface area (Å²) >= 11 is 0. The van der Waals surface area contributed by atoms with Crippen LogP contribution in [0.5, 0.6) is 0 Å². The van der Waals surface area contributed by atoms with Crippen LogP contribution in [0.4, 0.5) is 4.39 Å². The van der Waals surface area contributed by atoms with Gasteiger partial charge in [-0.2, -0.15) is 5.10 Å². The largest absolute Gasteiger partial charge is 0.272 e. The fourth-order valence-corrected chi connectivity index (χ4v) is 2.83. The summed E-state index contributed by atoms with van der Waals surface area (Å²) in [7, 11) is 0. The third-order valence-corrected chi connectivity index (χ3v) is 4.21. The highest BCUT2D eigenvalue weighted by atomic mass is 19.1. The summed E-state index contributed by atoms with van der Waals surface area (Å²) in [6.45, 7) is 0. The fourth-order valence-electron chi connectivity index (χ4n) is 2.83. The van der Waals surface area contributed by atoms with Crippen LogP contribution < -0.4 is 5.43 Å². The molecule has 0 aliphatic carbocycles. The van der Waals surface area contributed by atoms with E-state index in [-0.39, 0.29) is 0 Å². The number of carbonyl (C=O) groups is 1. The molecule has 0 atom stereocenters. The lowest BCUT2D eigenvalue weighted by Gasteiger charge is -2.09. The summed E-state index contributed by atoms with van der Waals surface area (Å²) in [5.74, 6) is -0.809. The van der Waals surface area contributed by atoms with Gasteiger partial charge in [-0.1, -0.05) is 36.4 Å². The molecule has 1 amide bonds. The Kier molecular flexibility index (Phi) is 4.84. The zero-order valence-electron chi connectivity index (χ0n) is 14.7. The Labute approximate surface area is 160 Å². The van der Waals surface area contributed by atoms with E-state index in [0.29, 0.717) is 27.7 Å². The van der Waals surface area contributed by atoms with Crippen LogP contribution >= 0.6 is 0 Å². The summed E-state index contributed by atoms with van der Waals surface area (Å²) in [6.07, 6.45) is 4.62. The molecule has 0 bridgehead atoms. The highest BCUT2D eigenvalue weighted by Crippen LogP contribution is 2.24. The van der Waals surface area contributed by atoms with E-state index in [1.54, 1.807) is 36.7 Å². The number of pyridine rings is 2. The lowest BCUT2D eigenvalue weighted by atomic mass is 10.0. The summed E-state index contributed by atoms with van der Waals surface area (Å²) in [5.41, 5.74) is 5.40. The van der Waals surface area contributed by atoms with E-state index in [1.807, 2.05) is 36.4 Å². The first-order chi connectivity index (χ1) is 13.7. The number of fused-ring (bicyclic) bond motifs is 1. The SMILES string of the molecule is O=C(N/N=C\c1ccccc1F)c1cc(-c2ccncc2)nc2ccccc12. The molecule has 2 aromatic heterocycles. The predicted molar refractivity (Wildman–Crippen MR) is 106 cm³/mol. The third-order valence-electron chi connectivity index (χ3n) is 4.21. The molecule has 136 valence electrons. The smallest absolute Gasteiger partial charge is 0.267 e. The molecule has 1 N–H and O–H groups in total. The number of hydrogen-bond donors (Lipinski definition) is 1. The highest BCUT2D eigenvalue weighted by molar-refractivity contribution is 6.07. The highest BCUT2D eigenvalue weighted by Gasteiger charge is 2.13. The quantitative estimate of drug-likeness (QED) is 0.432. The van der Waals surface area contributed by atoms with Crippen molar-refractivity contribution in [2.75, 3.05) is 0 Å². The number of benzene rings is 2. The van der Waals surface area contributed by atoms with E-state index in [2.05, 4.69) is 20.5 Å². The summed E-state index contributed by atoms with van der Waals surface area (Å²) in [4.78, 5) is 21.4. The number of aromatic nitrogens is 2. The van der Waals surface area contributed by atoms with Gasteiger partial charge in [0.05, 0.1) is 23.0 Å². The zero-order valence-corrected chi connectivity index (χ0v) is 14.7. The molecule has 2 aromatic carbocycles. The molecule has 0 fully saturated rings. The van der Waals surface area contributed by atoms with E-state index < -0.39 is 11.7 Å². The Morgan fingerprint density at radius 2 is 1.75 bits per heavy atom. The number of amides is 1. The average molecular weight is 370 g/mol. The summed E-state index contributed by atoms with van der Waals surface area (Å²) < 4.78 is 13.7. The number of para-hydroxylation sites is 1. The molecule has 0 saturated heterocycles. The molecule has 0 saturated carbocycles. The molecule has 4 rings (SSSR count). The van der Waals surface area contributed by atoms with Crippen molar-refractivity contribution in [2.45, 2.75) is 0 Å². The Morgan fingerprint density at radius 3 is 2.57 bits per heavy atom. The minimum atomic E-state index is -0.408. The predicted octanol–water partition coefficient (Wildman–Crippen LogP) is 4.20. The fraction of sp³-hybridized carbons (Fsp3) is 0. The van der Waals surface area contributed by atoms with Crippen molar-refractivity contribution in [2.24, 2.45) is 5.10 Å². The molecule has 0 aliphatic heterocycles. The normalized spacial score (nSPS) is 11.0. The Bertz CT molecular complexity index is 1180. The molecular weight excluding hydrogens is 355 g/mol. The molecule has 28 heavy (non-hydrogen) atoms. The van der Waals surface area contributed by atoms with Crippen LogP contribution in [-0.4, -0.2) is 22.1 Å². The van der Waals surface area contributed by atoms with Gasteiger partial charge in [0.15, 0.2) is 0 Å². The molecule has 5 nitrogen and oxygen atoms in total. The molecule has 0 spiro atoms. The van der Waals surface area contributed by atoms with Gasteiger partial charge in [0.1, 0.15) is 5.82 Å². The maximum atomic E-state index is 13.7. The molecule has 6 heteroatoms. The maximum Gasteiger partial charge on any atom is 0.272 e. The van der Waals surface area contributed by atoms with Gasteiger partial charge in [-0.15, -0.1) is 0 Å². The molecule has 0 radical (unpaired) electrons. The van der Waals surface area contributed by atoms with Gasteiger partial charge in [-0.05, 0) is 30.3 Å². The van der Waals surface area contributed by atoms with E-state index in [4.69, 9.17) is 0 Å². The molecule has 0 aliphatic rings. The van der Waals surface area contributed by atoms with Crippen molar-refractivity contribution in [1.82, 2.24) is 15.4 Å². The van der Waals surface area contributed by atoms with Gasteiger partial charge < -0.3 is 0 Å². The first-order valence-corrected chi connectivity index (χ1v) is 8.60. The summed E-state index contributed by atoms with van der Waals surface area (Å²) in [5, 5.41) is 4.60. The first kappa shape index (κ1) is 17.5. The molecule has 0 unspecified atom stereocenters. The van der Waals surface area contributed by atoms with Crippen molar-refractivity contribution >= 4 is 23.0 Å². The topological polar surface area (TPSA) is 67.2 Å². The second-order valence-corrected chi connectivity index (χ2v) is 6.03. The second-order valence-electron chi connectivity index (χ2n) is 6.03. The second kappa shape index (κ2) is 7.75. The van der Waals surface area contributed by atoms with Crippen molar-refractivity contribution < 1.29 is 9.18 Å². The lowest BCUT2D eigenvalue weighted by molar-refractivity contribution is 0.0956. The molecule has 4 aromatic rings. The van der Waals surface area contributed by atoms with Gasteiger partial charge in [-0.3, -0.25) is 9.78 Å². The summed E-state index contributed by atoms with van der Waals surface area (Å²) in [6, 6.07) is 19.0. The number of nitrogens with zero attached hydrogens (tertiary/aromatic N) is 3. The third kappa shape index (κ3) is 3.61. The van der Waals surface area contributed by atoms with E-state index in [1.165, 1.54) is 12.3 Å². The van der Waals surface area contributed by atoms with Gasteiger partial charge in [0, 0.05) is 28.9 Å². The number of halogens is 1. The number of rotatable bonds is 4. The lowest BCUT2D eigenvalue weighted by Crippen LogP contribution is -2.18. The minimum Gasteiger partial charge on any atom is -0.267 e. The van der Waals surface area contributed by atoms with E-state index in [0.717, 1.165) is 5.56 Å². The van der Waals surface area contributed by atoms with Crippen LogP contribution in [-0.2, 0) is 0 Å². The number of hydrazone groups is 1. The van der Waals surface area contributed by atoms with Crippen LogP contribution in [0, 0.1) is 5.82 Å². The van der Waals surface area contributed by atoms with Crippen LogP contribution in [0.1, 0.15) is 15.9 Å². The zero-order chi connectivity index (χ0) is 19.3. The van der Waals surface area contributed by atoms with E-state index >= 15 is 0 Å². The molecular formula is C22H15FN4O. The number of hydrogen-bond acceptors (Lipinski definition) is 4. The van der Waals surface area contributed by atoms with E-state index in [9.17, 15) is 9.18 Å². The average Bonchev–Trinajstić information content (AvgIpc) is 2.75. The maximum absolute atomic E-state index is 13.7. The van der Waals surface area contributed by atoms with Crippen molar-refractivity contribution in [3.63, 3.8) is 0 Å². The van der Waals surface area contributed by atoms with Gasteiger partial charge in [0.2, 0.25) is 0 Å². The molecule has 2 heterocycles. The Balaban J connectivity index is 1.69. The van der Waals surface area contributed by atoms with Crippen LogP contribution in [0.15, 0.2) is 84.2 Å². The Hall–Kier alpha value is -3.93. The van der Waals surface area contributed by atoms with Gasteiger partial charge in [0.25, 0.3) is 5.91 Å². The Morgan fingerprint density at radius 1 is 1.00 bits per heavy atom. The van der Waals surface area contributed by atoms with Crippen molar-refractivity contribution in [3.05, 3.63) is 96.1 Å². The van der Waals surface area contributed by atoms with Crippen molar-refractivity contribution in [3.8, 4) is 11.3 Å². The monoisotopic (exact) mass is 370 g/mol. The van der Waals surface area contributed by atoms with Gasteiger partial charge >= 0.3 is 0 Å². The van der Waals surface area contributed by atoms with Crippen LogP contribution in [0.2, 0.25) is 0 Å². The minimum absolute atomic E-state index is 0.292. The number of carbonyl (C=O) groups excluding carboxylic acids is 1. The standard InChI is InChI=1S/C22H15FN4O/c23-19-7-3-1-5-16(19)14-25-27-22(28)18-13-21(15-9-11-24-12-10-15)26-20-8-4-2-6-17(18)20/h1-14H,(H,27,28)/b25-14-. The van der Waals surface area contributed by atoms with Crippen LogP contribution in [0.25, 0.3) is 22.2 Å².